The number of rotatable bonds is 3. The molecular weight excluding hydrogens is 367 g/mol. The van der Waals surface area contributed by atoms with Crippen molar-refractivity contribution in [3.8, 4) is 0 Å². The SMILES string of the molecule is Cc1cc2cc(N(C)S(=O)(=O)c3ccc(Cl)cc3Cl)ccc2n1C. The number of halogens is 2. The van der Waals surface area contributed by atoms with Gasteiger partial charge in [0.25, 0.3) is 10.0 Å². The smallest absolute Gasteiger partial charge is 0.265 e. The quantitative estimate of drug-likeness (QED) is 0.663. The summed E-state index contributed by atoms with van der Waals surface area (Å²) in [5.74, 6) is 0. The number of hydrogen-bond donors (Lipinski definition) is 0. The molecule has 0 amide bonds. The minimum absolute atomic E-state index is 0.0282. The lowest BCUT2D eigenvalue weighted by Crippen LogP contribution is -2.26. The Morgan fingerprint density at radius 1 is 1.04 bits per heavy atom. The fourth-order valence-corrected chi connectivity index (χ4v) is 4.57. The van der Waals surface area contributed by atoms with Gasteiger partial charge in [0.1, 0.15) is 4.90 Å². The molecule has 0 spiro atoms. The molecule has 7 heteroatoms. The molecule has 24 heavy (non-hydrogen) atoms. The highest BCUT2D eigenvalue weighted by atomic mass is 35.5. The second-order valence-corrected chi connectivity index (χ2v) is 8.42. The topological polar surface area (TPSA) is 42.3 Å². The molecule has 0 aliphatic rings. The van der Waals surface area contributed by atoms with Crippen molar-refractivity contribution in [1.82, 2.24) is 4.57 Å². The van der Waals surface area contributed by atoms with Crippen molar-refractivity contribution in [2.45, 2.75) is 11.8 Å². The van der Waals surface area contributed by atoms with Crippen LogP contribution in [-0.4, -0.2) is 20.0 Å². The maximum absolute atomic E-state index is 12.9. The van der Waals surface area contributed by atoms with Gasteiger partial charge in [-0.05, 0) is 49.4 Å². The van der Waals surface area contributed by atoms with Gasteiger partial charge in [-0.25, -0.2) is 8.42 Å². The first-order valence-corrected chi connectivity index (χ1v) is 9.41. The Kier molecular flexibility index (Phi) is 4.28. The first-order valence-electron chi connectivity index (χ1n) is 7.22. The molecule has 0 bridgehead atoms. The molecule has 3 aromatic rings. The van der Waals surface area contributed by atoms with Gasteiger partial charge in [-0.3, -0.25) is 4.31 Å². The van der Waals surface area contributed by atoms with Gasteiger partial charge < -0.3 is 4.57 Å². The molecule has 1 heterocycles. The second-order valence-electron chi connectivity index (χ2n) is 5.64. The second kappa shape index (κ2) is 5.99. The first-order chi connectivity index (χ1) is 11.2. The van der Waals surface area contributed by atoms with Gasteiger partial charge in [0, 0.05) is 35.7 Å². The third-order valence-electron chi connectivity index (χ3n) is 4.16. The number of fused-ring (bicyclic) bond motifs is 1. The summed E-state index contributed by atoms with van der Waals surface area (Å²) in [6.45, 7) is 2.01. The molecule has 0 aliphatic carbocycles. The number of benzene rings is 2. The lowest BCUT2D eigenvalue weighted by atomic mass is 10.2. The molecule has 0 atom stereocenters. The Balaban J connectivity index is 2.08. The van der Waals surface area contributed by atoms with Crippen molar-refractivity contribution >= 4 is 49.8 Å². The van der Waals surface area contributed by atoms with Crippen LogP contribution >= 0.6 is 23.2 Å². The maximum Gasteiger partial charge on any atom is 0.265 e. The Morgan fingerprint density at radius 2 is 1.75 bits per heavy atom. The van der Waals surface area contributed by atoms with Gasteiger partial charge >= 0.3 is 0 Å². The molecule has 3 rings (SSSR count). The zero-order valence-corrected chi connectivity index (χ0v) is 15.7. The van der Waals surface area contributed by atoms with Crippen LogP contribution in [0.1, 0.15) is 5.69 Å². The number of aromatic nitrogens is 1. The molecule has 0 saturated carbocycles. The number of aryl methyl sites for hydroxylation is 2. The molecule has 126 valence electrons. The van der Waals surface area contributed by atoms with Gasteiger partial charge in [0.05, 0.1) is 10.7 Å². The van der Waals surface area contributed by atoms with E-state index in [1.165, 1.54) is 29.6 Å². The normalized spacial score (nSPS) is 11.9. The minimum atomic E-state index is -3.78. The fourth-order valence-electron chi connectivity index (χ4n) is 2.64. The fraction of sp³-hybridized carbons (Fsp3) is 0.176. The zero-order valence-electron chi connectivity index (χ0n) is 13.4. The summed E-state index contributed by atoms with van der Waals surface area (Å²) in [5, 5.41) is 1.48. The van der Waals surface area contributed by atoms with Crippen LogP contribution in [0, 0.1) is 6.92 Å². The Bertz CT molecular complexity index is 1040. The highest BCUT2D eigenvalue weighted by molar-refractivity contribution is 7.93. The van der Waals surface area contributed by atoms with Crippen molar-refractivity contribution in [1.29, 1.82) is 0 Å². The first kappa shape index (κ1) is 17.1. The van der Waals surface area contributed by atoms with Crippen molar-refractivity contribution in [3.63, 3.8) is 0 Å². The van der Waals surface area contributed by atoms with Gasteiger partial charge in [-0.2, -0.15) is 0 Å². The third kappa shape index (κ3) is 2.77. The summed E-state index contributed by atoms with van der Waals surface area (Å²) in [6, 6.07) is 11.9. The molecule has 0 aliphatic heterocycles. The maximum atomic E-state index is 12.9. The van der Waals surface area contributed by atoms with E-state index in [4.69, 9.17) is 23.2 Å². The number of hydrogen-bond acceptors (Lipinski definition) is 2. The average Bonchev–Trinajstić information content (AvgIpc) is 2.80. The number of anilines is 1. The van der Waals surface area contributed by atoms with Crippen molar-refractivity contribution in [2.24, 2.45) is 7.05 Å². The van der Waals surface area contributed by atoms with Crippen molar-refractivity contribution < 1.29 is 8.42 Å². The van der Waals surface area contributed by atoms with E-state index in [1.807, 2.05) is 32.2 Å². The molecule has 2 aromatic carbocycles. The predicted octanol–water partition coefficient (Wildman–Crippen LogP) is 4.62. The minimum Gasteiger partial charge on any atom is -0.348 e. The van der Waals surface area contributed by atoms with Crippen LogP contribution in [0.5, 0.6) is 0 Å². The van der Waals surface area contributed by atoms with E-state index in [0.717, 1.165) is 16.6 Å². The molecule has 1 aromatic heterocycles. The van der Waals surface area contributed by atoms with Crippen LogP contribution in [0.25, 0.3) is 10.9 Å². The van der Waals surface area contributed by atoms with E-state index in [2.05, 4.69) is 4.57 Å². The van der Waals surface area contributed by atoms with E-state index in [0.29, 0.717) is 10.7 Å². The summed E-state index contributed by atoms with van der Waals surface area (Å²) in [4.78, 5) is 0.0282. The number of nitrogens with zero attached hydrogens (tertiary/aromatic N) is 2. The lowest BCUT2D eigenvalue weighted by molar-refractivity contribution is 0.594. The molecule has 4 nitrogen and oxygen atoms in total. The third-order valence-corrected chi connectivity index (χ3v) is 6.67. The van der Waals surface area contributed by atoms with E-state index in [9.17, 15) is 8.42 Å². The van der Waals surface area contributed by atoms with Crippen LogP contribution in [0.3, 0.4) is 0 Å². The van der Waals surface area contributed by atoms with Gasteiger partial charge in [-0.15, -0.1) is 0 Å². The van der Waals surface area contributed by atoms with E-state index in [-0.39, 0.29) is 9.92 Å². The molecule has 0 unspecified atom stereocenters. The van der Waals surface area contributed by atoms with Gasteiger partial charge in [0.15, 0.2) is 0 Å². The van der Waals surface area contributed by atoms with Crippen LogP contribution < -0.4 is 4.31 Å². The molecular formula is C17H16Cl2N2O2S. The Hall–Kier alpha value is -1.69. The Morgan fingerprint density at radius 3 is 2.42 bits per heavy atom. The predicted molar refractivity (Wildman–Crippen MR) is 99.7 cm³/mol. The van der Waals surface area contributed by atoms with Crippen LogP contribution in [0.2, 0.25) is 10.0 Å². The summed E-state index contributed by atoms with van der Waals surface area (Å²) >= 11 is 11.9. The van der Waals surface area contributed by atoms with Crippen molar-refractivity contribution in [2.75, 3.05) is 11.4 Å². The summed E-state index contributed by atoms with van der Waals surface area (Å²) in [6.07, 6.45) is 0. The molecule has 0 saturated heterocycles. The summed E-state index contributed by atoms with van der Waals surface area (Å²) in [5.41, 5.74) is 2.72. The highest BCUT2D eigenvalue weighted by Gasteiger charge is 2.24. The summed E-state index contributed by atoms with van der Waals surface area (Å²) in [7, 11) is -0.287. The van der Waals surface area contributed by atoms with E-state index < -0.39 is 10.0 Å². The summed E-state index contributed by atoms with van der Waals surface area (Å²) < 4.78 is 29.0. The average molecular weight is 383 g/mol. The molecule has 0 fully saturated rings. The lowest BCUT2D eigenvalue weighted by Gasteiger charge is -2.20. The highest BCUT2D eigenvalue weighted by Crippen LogP contribution is 2.31. The van der Waals surface area contributed by atoms with Crippen LogP contribution in [0.15, 0.2) is 47.4 Å². The standard InChI is InChI=1S/C17H16Cl2N2O2S/c1-11-8-12-9-14(5-6-16(12)20(11)2)21(3)24(22,23)17-7-4-13(18)10-15(17)19/h4-10H,1-3H3. The van der Waals surface area contributed by atoms with E-state index in [1.54, 1.807) is 6.07 Å². The Labute approximate surface area is 151 Å². The molecule has 0 radical (unpaired) electrons. The number of sulfonamides is 1. The zero-order chi connectivity index (χ0) is 17.6. The van der Waals surface area contributed by atoms with Crippen LogP contribution in [0.4, 0.5) is 5.69 Å². The van der Waals surface area contributed by atoms with E-state index >= 15 is 0 Å². The van der Waals surface area contributed by atoms with Crippen LogP contribution in [-0.2, 0) is 17.1 Å². The molecule has 0 N–H and O–H groups in total. The monoisotopic (exact) mass is 382 g/mol. The largest absolute Gasteiger partial charge is 0.348 e. The van der Waals surface area contributed by atoms with Crippen molar-refractivity contribution in [3.05, 3.63) is 58.2 Å². The van der Waals surface area contributed by atoms with Gasteiger partial charge in [-0.1, -0.05) is 23.2 Å². The van der Waals surface area contributed by atoms with Gasteiger partial charge in [0.2, 0.25) is 0 Å².